The smallest absolute Gasteiger partial charge is 0.404 e. The van der Waals surface area contributed by atoms with E-state index in [9.17, 15) is 13.2 Å². The van der Waals surface area contributed by atoms with Crippen LogP contribution >= 0.6 is 15.9 Å². The fraction of sp³-hybridized carbons (Fsp3) is 0.250. The quantitative estimate of drug-likeness (QED) is 0.773. The lowest BCUT2D eigenvalue weighted by Crippen LogP contribution is -2.14. The Morgan fingerprint density at radius 3 is 2.29 bits per heavy atom. The Morgan fingerprint density at radius 2 is 2.00 bits per heavy atom. The molecule has 0 atom stereocenters. The van der Waals surface area contributed by atoms with Crippen molar-refractivity contribution in [2.45, 2.75) is 6.18 Å². The van der Waals surface area contributed by atoms with Gasteiger partial charge in [-0.15, -0.1) is 0 Å². The summed E-state index contributed by atoms with van der Waals surface area (Å²) in [7, 11) is 1.48. The summed E-state index contributed by atoms with van der Waals surface area (Å²) in [5, 5.41) is 2.49. The van der Waals surface area contributed by atoms with Gasteiger partial charge >= 0.3 is 6.18 Å². The average molecular weight is 271 g/mol. The highest BCUT2D eigenvalue weighted by molar-refractivity contribution is 9.12. The standard InChI is InChI=1S/C8H10BrF3N2/c1-5(14-2)3-6(7(9)4-13)8(10,11)12/h3-4,14H,1,13H2,2H3/b6-3+,7-4+. The highest BCUT2D eigenvalue weighted by Gasteiger charge is 2.35. The predicted molar refractivity (Wildman–Crippen MR) is 53.5 cm³/mol. The van der Waals surface area contributed by atoms with Gasteiger partial charge in [0.15, 0.2) is 0 Å². The fourth-order valence-corrected chi connectivity index (χ4v) is 0.962. The first-order chi connectivity index (χ1) is 6.32. The minimum atomic E-state index is -4.46. The van der Waals surface area contributed by atoms with E-state index in [1.54, 1.807) is 0 Å². The van der Waals surface area contributed by atoms with E-state index >= 15 is 0 Å². The van der Waals surface area contributed by atoms with Gasteiger partial charge in [0.05, 0.1) is 5.57 Å². The van der Waals surface area contributed by atoms with Gasteiger partial charge in [0.2, 0.25) is 0 Å². The van der Waals surface area contributed by atoms with Crippen LogP contribution in [-0.2, 0) is 0 Å². The van der Waals surface area contributed by atoms with Gasteiger partial charge in [-0.3, -0.25) is 0 Å². The number of halogens is 4. The molecule has 14 heavy (non-hydrogen) atoms. The van der Waals surface area contributed by atoms with Crippen LogP contribution in [0.25, 0.3) is 0 Å². The third-order valence-electron chi connectivity index (χ3n) is 1.35. The number of nitrogens with two attached hydrogens (primary N) is 1. The van der Waals surface area contributed by atoms with Crippen LogP contribution in [0.5, 0.6) is 0 Å². The average Bonchev–Trinajstić information content (AvgIpc) is 2.10. The lowest BCUT2D eigenvalue weighted by molar-refractivity contribution is -0.0885. The van der Waals surface area contributed by atoms with Gasteiger partial charge in [-0.05, 0) is 22.0 Å². The molecule has 0 bridgehead atoms. The summed E-state index contributed by atoms with van der Waals surface area (Å²) >= 11 is 2.72. The predicted octanol–water partition coefficient (Wildman–Crippen LogP) is 2.40. The molecule has 0 amide bonds. The summed E-state index contributed by atoms with van der Waals surface area (Å²) in [6, 6.07) is 0. The number of alkyl halides is 3. The van der Waals surface area contributed by atoms with Gasteiger partial charge in [0.25, 0.3) is 0 Å². The van der Waals surface area contributed by atoms with Gasteiger partial charge < -0.3 is 11.1 Å². The van der Waals surface area contributed by atoms with Crippen molar-refractivity contribution in [2.24, 2.45) is 5.73 Å². The van der Waals surface area contributed by atoms with Crippen LogP contribution in [0, 0.1) is 0 Å². The zero-order chi connectivity index (χ0) is 11.4. The molecule has 0 aromatic rings. The SMILES string of the molecule is C=C(/C=C(\C(Br)=C/N)C(F)(F)F)NC. The van der Waals surface area contributed by atoms with Crippen molar-refractivity contribution in [1.82, 2.24) is 5.32 Å². The third kappa shape index (κ3) is 3.87. The maximum absolute atomic E-state index is 12.4. The minimum absolute atomic E-state index is 0.149. The first kappa shape index (κ1) is 13.1. The number of allylic oxidation sites excluding steroid dienone is 3. The number of rotatable bonds is 3. The Morgan fingerprint density at radius 1 is 1.50 bits per heavy atom. The summed E-state index contributed by atoms with van der Waals surface area (Å²) in [5.41, 5.74) is 4.26. The molecule has 0 aromatic heterocycles. The molecule has 0 aromatic carbocycles. The van der Waals surface area contributed by atoms with Gasteiger partial charge in [-0.2, -0.15) is 13.2 Å². The summed E-state index contributed by atoms with van der Waals surface area (Å²) in [6.07, 6.45) is -2.76. The topological polar surface area (TPSA) is 38.0 Å². The van der Waals surface area contributed by atoms with E-state index in [1.807, 2.05) is 0 Å². The molecule has 0 aliphatic rings. The molecule has 6 heteroatoms. The number of likely N-dealkylation sites (N-methyl/N-ethyl adjacent to an activating group) is 1. The maximum Gasteiger partial charge on any atom is 0.417 e. The van der Waals surface area contributed by atoms with Gasteiger partial charge in [0.1, 0.15) is 0 Å². The molecule has 0 saturated carbocycles. The normalized spacial score (nSPS) is 14.1. The zero-order valence-electron chi connectivity index (χ0n) is 7.45. The van der Waals surface area contributed by atoms with E-state index in [2.05, 4.69) is 27.8 Å². The minimum Gasteiger partial charge on any atom is -0.404 e. The molecule has 0 heterocycles. The second-order valence-electron chi connectivity index (χ2n) is 2.35. The molecule has 0 unspecified atom stereocenters. The number of hydrogen-bond acceptors (Lipinski definition) is 2. The lowest BCUT2D eigenvalue weighted by atomic mass is 10.2. The Kier molecular flexibility index (Phi) is 4.76. The number of hydrogen-bond donors (Lipinski definition) is 2. The summed E-state index contributed by atoms with van der Waals surface area (Å²) in [4.78, 5) is 0. The highest BCUT2D eigenvalue weighted by atomic mass is 79.9. The third-order valence-corrected chi connectivity index (χ3v) is 2.04. The van der Waals surface area contributed by atoms with Crippen LogP contribution in [0.1, 0.15) is 0 Å². The van der Waals surface area contributed by atoms with Gasteiger partial charge in [0, 0.05) is 23.4 Å². The van der Waals surface area contributed by atoms with E-state index in [4.69, 9.17) is 5.73 Å². The number of nitrogens with one attached hydrogen (secondary N) is 1. The zero-order valence-corrected chi connectivity index (χ0v) is 9.04. The second-order valence-corrected chi connectivity index (χ2v) is 3.20. The van der Waals surface area contributed by atoms with Crippen LogP contribution < -0.4 is 11.1 Å². The Labute approximate surface area is 88.5 Å². The fourth-order valence-electron chi connectivity index (χ4n) is 0.622. The molecule has 0 fully saturated rings. The van der Waals surface area contributed by atoms with E-state index < -0.39 is 11.7 Å². The second kappa shape index (κ2) is 5.09. The molecule has 0 radical (unpaired) electrons. The van der Waals surface area contributed by atoms with Crippen LogP contribution in [0.4, 0.5) is 13.2 Å². The largest absolute Gasteiger partial charge is 0.417 e. The maximum atomic E-state index is 12.4. The van der Waals surface area contributed by atoms with E-state index in [-0.39, 0.29) is 10.2 Å². The molecule has 80 valence electrons. The molecule has 2 nitrogen and oxygen atoms in total. The Bertz CT molecular complexity index is 279. The molecule has 0 saturated heterocycles. The van der Waals surface area contributed by atoms with Crippen molar-refractivity contribution >= 4 is 15.9 Å². The molecule has 0 aliphatic carbocycles. The van der Waals surface area contributed by atoms with Crippen LogP contribution in [-0.4, -0.2) is 13.2 Å². The molecular weight excluding hydrogens is 261 g/mol. The highest BCUT2D eigenvalue weighted by Crippen LogP contribution is 2.34. The first-order valence-corrected chi connectivity index (χ1v) is 4.35. The summed E-state index contributed by atoms with van der Waals surface area (Å²) in [6.45, 7) is 3.37. The van der Waals surface area contributed by atoms with Crippen molar-refractivity contribution < 1.29 is 13.2 Å². The van der Waals surface area contributed by atoms with Crippen LogP contribution in [0.3, 0.4) is 0 Å². The molecule has 0 rings (SSSR count). The van der Waals surface area contributed by atoms with Crippen molar-refractivity contribution in [3.8, 4) is 0 Å². The Balaban J connectivity index is 5.13. The monoisotopic (exact) mass is 270 g/mol. The molecule has 3 N–H and O–H groups in total. The molecular formula is C8H10BrF3N2. The molecule has 0 aliphatic heterocycles. The van der Waals surface area contributed by atoms with E-state index in [0.717, 1.165) is 12.3 Å². The van der Waals surface area contributed by atoms with Crippen molar-refractivity contribution in [1.29, 1.82) is 0 Å². The van der Waals surface area contributed by atoms with Crippen LogP contribution in [0.2, 0.25) is 0 Å². The van der Waals surface area contributed by atoms with E-state index in [0.29, 0.717) is 0 Å². The van der Waals surface area contributed by atoms with Crippen molar-refractivity contribution in [3.05, 3.63) is 34.6 Å². The van der Waals surface area contributed by atoms with E-state index in [1.165, 1.54) is 7.05 Å². The summed E-state index contributed by atoms with van der Waals surface area (Å²) in [5.74, 6) is 0. The van der Waals surface area contributed by atoms with Crippen LogP contribution in [0.15, 0.2) is 34.6 Å². The van der Waals surface area contributed by atoms with Gasteiger partial charge in [-0.1, -0.05) is 6.58 Å². The first-order valence-electron chi connectivity index (χ1n) is 3.56. The Hall–Kier alpha value is -0.910. The van der Waals surface area contributed by atoms with Gasteiger partial charge in [-0.25, -0.2) is 0 Å². The molecule has 0 spiro atoms. The summed E-state index contributed by atoms with van der Waals surface area (Å²) < 4.78 is 37.0. The van der Waals surface area contributed by atoms with Crippen molar-refractivity contribution in [2.75, 3.05) is 7.05 Å². The van der Waals surface area contributed by atoms with Crippen molar-refractivity contribution in [3.63, 3.8) is 0 Å². The lowest BCUT2D eigenvalue weighted by Gasteiger charge is -2.11.